The molecular formula is C25H28N2O3S. The number of amides is 1. The van der Waals surface area contributed by atoms with Crippen LogP contribution >= 0.6 is 0 Å². The maximum Gasteiger partial charge on any atom is 0.240 e. The lowest BCUT2D eigenvalue weighted by Gasteiger charge is -2.09. The standard InChI is InChI=1S/C25H28N2O3S/c1-20-6-5-9-23(18-20)19-26-25(28)15-12-22-10-13-24(14-11-22)31(29,30)27-17-16-21-7-3-2-4-8-21/h2-11,13-14,18,27H,12,15-17,19H2,1H3,(H,26,28). The topological polar surface area (TPSA) is 75.3 Å². The summed E-state index contributed by atoms with van der Waals surface area (Å²) in [5.74, 6) is -0.0271. The molecule has 2 N–H and O–H groups in total. The highest BCUT2D eigenvalue weighted by molar-refractivity contribution is 7.89. The van der Waals surface area contributed by atoms with E-state index in [0.29, 0.717) is 32.4 Å². The molecule has 3 rings (SSSR count). The summed E-state index contributed by atoms with van der Waals surface area (Å²) in [6.07, 6.45) is 1.55. The summed E-state index contributed by atoms with van der Waals surface area (Å²) >= 11 is 0. The minimum Gasteiger partial charge on any atom is -0.352 e. The van der Waals surface area contributed by atoms with E-state index in [4.69, 9.17) is 0 Å². The number of carbonyl (C=O) groups is 1. The molecule has 3 aromatic rings. The third-order valence-corrected chi connectivity index (χ3v) is 6.47. The van der Waals surface area contributed by atoms with E-state index in [1.54, 1.807) is 24.3 Å². The molecule has 1 amide bonds. The third kappa shape index (κ3) is 7.35. The number of nitrogens with one attached hydrogen (secondary N) is 2. The fourth-order valence-electron chi connectivity index (χ4n) is 3.26. The number of aryl methyl sites for hydroxylation is 2. The average molecular weight is 437 g/mol. The fraction of sp³-hybridized carbons (Fsp3) is 0.240. The highest BCUT2D eigenvalue weighted by Crippen LogP contribution is 2.12. The molecule has 31 heavy (non-hydrogen) atoms. The quantitative estimate of drug-likeness (QED) is 0.508. The number of rotatable bonds is 10. The monoisotopic (exact) mass is 436 g/mol. The van der Waals surface area contributed by atoms with E-state index in [1.165, 1.54) is 0 Å². The van der Waals surface area contributed by atoms with Crippen molar-refractivity contribution in [3.63, 3.8) is 0 Å². The van der Waals surface area contributed by atoms with Crippen LogP contribution in [-0.4, -0.2) is 20.9 Å². The van der Waals surface area contributed by atoms with Gasteiger partial charge in [0.1, 0.15) is 0 Å². The Balaban J connectivity index is 1.44. The van der Waals surface area contributed by atoms with Gasteiger partial charge in [-0.15, -0.1) is 0 Å². The first kappa shape index (κ1) is 22.7. The molecule has 0 radical (unpaired) electrons. The Morgan fingerprint density at radius 2 is 1.48 bits per heavy atom. The predicted molar refractivity (Wildman–Crippen MR) is 123 cm³/mol. The lowest BCUT2D eigenvalue weighted by molar-refractivity contribution is -0.121. The van der Waals surface area contributed by atoms with Gasteiger partial charge in [-0.3, -0.25) is 4.79 Å². The second kappa shape index (κ2) is 10.9. The summed E-state index contributed by atoms with van der Waals surface area (Å²) in [6, 6.07) is 24.5. The molecule has 0 unspecified atom stereocenters. The molecule has 0 heterocycles. The fourth-order valence-corrected chi connectivity index (χ4v) is 4.29. The maximum absolute atomic E-state index is 12.5. The van der Waals surface area contributed by atoms with Crippen molar-refractivity contribution < 1.29 is 13.2 Å². The van der Waals surface area contributed by atoms with Gasteiger partial charge in [0.15, 0.2) is 0 Å². The van der Waals surface area contributed by atoms with Gasteiger partial charge in [-0.25, -0.2) is 13.1 Å². The van der Waals surface area contributed by atoms with Gasteiger partial charge in [-0.2, -0.15) is 0 Å². The van der Waals surface area contributed by atoms with Gasteiger partial charge >= 0.3 is 0 Å². The van der Waals surface area contributed by atoms with Crippen LogP contribution in [0.3, 0.4) is 0 Å². The molecule has 5 nitrogen and oxygen atoms in total. The Kier molecular flexibility index (Phi) is 7.98. The predicted octanol–water partition coefficient (Wildman–Crippen LogP) is 3.77. The zero-order valence-corrected chi connectivity index (χ0v) is 18.5. The van der Waals surface area contributed by atoms with Gasteiger partial charge in [-0.05, 0) is 48.6 Å². The van der Waals surface area contributed by atoms with Crippen LogP contribution < -0.4 is 10.0 Å². The summed E-state index contributed by atoms with van der Waals surface area (Å²) in [5.41, 5.74) is 4.24. The van der Waals surface area contributed by atoms with Crippen molar-refractivity contribution in [2.45, 2.75) is 37.6 Å². The van der Waals surface area contributed by atoms with Gasteiger partial charge in [0.2, 0.25) is 15.9 Å². The van der Waals surface area contributed by atoms with Crippen LogP contribution in [0.25, 0.3) is 0 Å². The minimum atomic E-state index is -3.55. The van der Waals surface area contributed by atoms with Crippen LogP contribution in [0.4, 0.5) is 0 Å². The van der Waals surface area contributed by atoms with Gasteiger partial charge in [0.05, 0.1) is 4.90 Å². The van der Waals surface area contributed by atoms with E-state index in [1.807, 2.05) is 61.5 Å². The Hall–Kier alpha value is -2.96. The van der Waals surface area contributed by atoms with Crippen molar-refractivity contribution in [1.82, 2.24) is 10.0 Å². The number of hydrogen-bond acceptors (Lipinski definition) is 3. The van der Waals surface area contributed by atoms with E-state index < -0.39 is 10.0 Å². The van der Waals surface area contributed by atoms with Crippen molar-refractivity contribution in [2.24, 2.45) is 0 Å². The van der Waals surface area contributed by atoms with Gasteiger partial charge in [-0.1, -0.05) is 72.3 Å². The van der Waals surface area contributed by atoms with E-state index in [0.717, 1.165) is 22.3 Å². The number of carbonyl (C=O) groups excluding carboxylic acids is 1. The van der Waals surface area contributed by atoms with Gasteiger partial charge in [0, 0.05) is 19.5 Å². The molecule has 0 aliphatic rings. The summed E-state index contributed by atoms with van der Waals surface area (Å²) in [7, 11) is -3.55. The molecule has 0 fully saturated rings. The van der Waals surface area contributed by atoms with E-state index in [2.05, 4.69) is 10.0 Å². The lowest BCUT2D eigenvalue weighted by atomic mass is 10.1. The van der Waals surface area contributed by atoms with Crippen LogP contribution in [-0.2, 0) is 34.2 Å². The first-order valence-corrected chi connectivity index (χ1v) is 11.9. The SMILES string of the molecule is Cc1cccc(CNC(=O)CCc2ccc(S(=O)(=O)NCCc3ccccc3)cc2)c1. The number of hydrogen-bond donors (Lipinski definition) is 2. The van der Waals surface area contributed by atoms with Gasteiger partial charge in [0.25, 0.3) is 0 Å². The summed E-state index contributed by atoms with van der Waals surface area (Å²) in [6.45, 7) is 2.87. The van der Waals surface area contributed by atoms with Crippen LogP contribution in [0.1, 0.15) is 28.7 Å². The highest BCUT2D eigenvalue weighted by Gasteiger charge is 2.13. The molecule has 0 aromatic heterocycles. The van der Waals surface area contributed by atoms with Crippen molar-refractivity contribution >= 4 is 15.9 Å². The van der Waals surface area contributed by atoms with E-state index >= 15 is 0 Å². The zero-order chi connectivity index (χ0) is 22.1. The number of sulfonamides is 1. The van der Waals surface area contributed by atoms with Crippen LogP contribution in [0.15, 0.2) is 83.8 Å². The van der Waals surface area contributed by atoms with Crippen molar-refractivity contribution in [2.75, 3.05) is 6.54 Å². The van der Waals surface area contributed by atoms with Crippen molar-refractivity contribution in [3.8, 4) is 0 Å². The van der Waals surface area contributed by atoms with Crippen LogP contribution in [0.2, 0.25) is 0 Å². The van der Waals surface area contributed by atoms with E-state index in [-0.39, 0.29) is 10.8 Å². The molecule has 0 aliphatic heterocycles. The van der Waals surface area contributed by atoms with Crippen LogP contribution in [0, 0.1) is 6.92 Å². The molecule has 0 spiro atoms. The molecule has 6 heteroatoms. The Bertz CT molecular complexity index is 1100. The lowest BCUT2D eigenvalue weighted by Crippen LogP contribution is -2.26. The Labute approximate surface area is 184 Å². The second-order valence-electron chi connectivity index (χ2n) is 7.54. The van der Waals surface area contributed by atoms with Crippen LogP contribution in [0.5, 0.6) is 0 Å². The first-order chi connectivity index (χ1) is 14.9. The summed E-state index contributed by atoms with van der Waals surface area (Å²) in [5, 5.41) is 2.92. The molecule has 0 aliphatic carbocycles. The van der Waals surface area contributed by atoms with Gasteiger partial charge < -0.3 is 5.32 Å². The molecule has 0 saturated heterocycles. The summed E-state index contributed by atoms with van der Waals surface area (Å²) < 4.78 is 27.6. The molecular weight excluding hydrogens is 408 g/mol. The maximum atomic E-state index is 12.5. The Morgan fingerprint density at radius 3 is 2.19 bits per heavy atom. The summed E-state index contributed by atoms with van der Waals surface area (Å²) in [4.78, 5) is 12.3. The second-order valence-corrected chi connectivity index (χ2v) is 9.31. The largest absolute Gasteiger partial charge is 0.352 e. The highest BCUT2D eigenvalue weighted by atomic mass is 32.2. The first-order valence-electron chi connectivity index (χ1n) is 10.4. The van der Waals surface area contributed by atoms with E-state index in [9.17, 15) is 13.2 Å². The van der Waals surface area contributed by atoms with Crippen molar-refractivity contribution in [3.05, 3.63) is 101 Å². The molecule has 162 valence electrons. The van der Waals surface area contributed by atoms with Crippen molar-refractivity contribution in [1.29, 1.82) is 0 Å². The zero-order valence-electron chi connectivity index (χ0n) is 17.7. The average Bonchev–Trinajstić information content (AvgIpc) is 2.77. The molecule has 0 bridgehead atoms. The molecule has 0 atom stereocenters. The third-order valence-electron chi connectivity index (χ3n) is 5.00. The molecule has 0 saturated carbocycles. The smallest absolute Gasteiger partial charge is 0.240 e. The number of benzene rings is 3. The molecule has 3 aromatic carbocycles. The normalized spacial score (nSPS) is 11.3. The Morgan fingerprint density at radius 1 is 0.806 bits per heavy atom. The minimum absolute atomic E-state index is 0.0271.